The molecule has 6 heteroatoms. The van der Waals surface area contributed by atoms with Gasteiger partial charge in [-0.3, -0.25) is 10.1 Å². The molecule has 0 radical (unpaired) electrons. The van der Waals surface area contributed by atoms with Crippen LogP contribution in [-0.4, -0.2) is 24.2 Å². The van der Waals surface area contributed by atoms with Crippen LogP contribution in [0.5, 0.6) is 0 Å². The number of hydrogen-bond acceptors (Lipinski definition) is 4. The van der Waals surface area contributed by atoms with Gasteiger partial charge in [-0.05, 0) is 47.6 Å². The third kappa shape index (κ3) is 4.59. The summed E-state index contributed by atoms with van der Waals surface area (Å²) in [7, 11) is 0. The quantitative estimate of drug-likeness (QED) is 0.346. The summed E-state index contributed by atoms with van der Waals surface area (Å²) in [6.07, 6.45) is 6.66. The van der Waals surface area contributed by atoms with E-state index in [-0.39, 0.29) is 10.6 Å². The van der Waals surface area contributed by atoms with Gasteiger partial charge in [0.1, 0.15) is 0 Å². The number of halogens is 1. The molecule has 0 unspecified atom stereocenters. The Morgan fingerprint density at radius 1 is 1.35 bits per heavy atom. The topological polar surface area (TPSA) is 64.4 Å². The maximum absolute atomic E-state index is 10.7. The number of benzene rings is 1. The maximum atomic E-state index is 10.7. The number of nitro benzene ring substituents is 1. The van der Waals surface area contributed by atoms with Gasteiger partial charge in [-0.2, -0.15) is 0 Å². The van der Waals surface area contributed by atoms with E-state index in [4.69, 9.17) is 4.74 Å². The number of nitrogens with one attached hydrogen (secondary N) is 1. The molecular weight excluding hydrogens is 371 g/mol. The van der Waals surface area contributed by atoms with Gasteiger partial charge in [0.2, 0.25) is 0 Å². The van der Waals surface area contributed by atoms with Crippen molar-refractivity contribution in [3.8, 4) is 0 Å². The Hall–Kier alpha value is -0.890. The SMILES string of the molecule is O=[N+]([O-])c1ccc(NCCOC2CCCCC2)cc1I. The van der Waals surface area contributed by atoms with E-state index in [1.54, 1.807) is 12.1 Å². The largest absolute Gasteiger partial charge is 0.383 e. The highest BCUT2D eigenvalue weighted by molar-refractivity contribution is 14.1. The van der Waals surface area contributed by atoms with Crippen molar-refractivity contribution in [3.63, 3.8) is 0 Å². The van der Waals surface area contributed by atoms with Gasteiger partial charge in [-0.15, -0.1) is 0 Å². The third-order valence-electron chi connectivity index (χ3n) is 3.48. The fourth-order valence-electron chi connectivity index (χ4n) is 2.42. The van der Waals surface area contributed by atoms with E-state index >= 15 is 0 Å². The van der Waals surface area contributed by atoms with Crippen LogP contribution in [0.15, 0.2) is 18.2 Å². The van der Waals surface area contributed by atoms with Crippen molar-refractivity contribution >= 4 is 34.0 Å². The van der Waals surface area contributed by atoms with Crippen LogP contribution in [-0.2, 0) is 4.74 Å². The molecule has 1 aliphatic rings. The van der Waals surface area contributed by atoms with E-state index in [1.165, 1.54) is 38.2 Å². The minimum absolute atomic E-state index is 0.148. The zero-order chi connectivity index (χ0) is 14.4. The molecule has 2 rings (SSSR count). The van der Waals surface area contributed by atoms with Crippen molar-refractivity contribution in [2.24, 2.45) is 0 Å². The number of anilines is 1. The first-order chi connectivity index (χ1) is 9.66. The summed E-state index contributed by atoms with van der Waals surface area (Å²) in [5.74, 6) is 0. The molecule has 1 fully saturated rings. The van der Waals surface area contributed by atoms with Gasteiger partial charge in [0.15, 0.2) is 0 Å². The smallest absolute Gasteiger partial charge is 0.282 e. The molecule has 1 N–H and O–H groups in total. The lowest BCUT2D eigenvalue weighted by atomic mass is 9.98. The number of hydrogen-bond donors (Lipinski definition) is 1. The molecule has 0 aromatic heterocycles. The average Bonchev–Trinajstić information content (AvgIpc) is 2.44. The van der Waals surface area contributed by atoms with Crippen LogP contribution in [0.3, 0.4) is 0 Å². The van der Waals surface area contributed by atoms with Crippen LogP contribution < -0.4 is 5.32 Å². The van der Waals surface area contributed by atoms with E-state index in [0.29, 0.717) is 16.3 Å². The minimum atomic E-state index is -0.363. The predicted octanol–water partition coefficient (Wildman–Crippen LogP) is 3.96. The molecule has 1 aromatic rings. The van der Waals surface area contributed by atoms with Gasteiger partial charge in [-0.1, -0.05) is 19.3 Å². The highest BCUT2D eigenvalue weighted by Crippen LogP contribution is 2.24. The standard InChI is InChI=1S/C14H19IN2O3/c15-13-10-11(6-7-14(13)17(18)19)16-8-9-20-12-4-2-1-3-5-12/h6-7,10,12,16H,1-5,8-9H2. The summed E-state index contributed by atoms with van der Waals surface area (Å²) in [6.45, 7) is 1.41. The Bertz CT molecular complexity index is 462. The zero-order valence-electron chi connectivity index (χ0n) is 11.3. The van der Waals surface area contributed by atoms with E-state index < -0.39 is 0 Å². The molecule has 0 heterocycles. The second-order valence-electron chi connectivity index (χ2n) is 4.98. The van der Waals surface area contributed by atoms with Crippen LogP contribution >= 0.6 is 22.6 Å². The predicted molar refractivity (Wildman–Crippen MR) is 87.1 cm³/mol. The second kappa shape index (κ2) is 7.78. The van der Waals surface area contributed by atoms with Crippen molar-refractivity contribution in [2.75, 3.05) is 18.5 Å². The fraction of sp³-hybridized carbons (Fsp3) is 0.571. The summed E-state index contributed by atoms with van der Waals surface area (Å²) < 4.78 is 6.47. The van der Waals surface area contributed by atoms with Gasteiger partial charge >= 0.3 is 0 Å². The second-order valence-corrected chi connectivity index (χ2v) is 6.14. The van der Waals surface area contributed by atoms with Crippen LogP contribution in [0.1, 0.15) is 32.1 Å². The molecule has 0 amide bonds. The van der Waals surface area contributed by atoms with Crippen molar-refractivity contribution in [3.05, 3.63) is 31.9 Å². The summed E-state index contributed by atoms with van der Waals surface area (Å²) in [6, 6.07) is 5.06. The Morgan fingerprint density at radius 3 is 2.75 bits per heavy atom. The maximum Gasteiger partial charge on any atom is 0.282 e. The molecule has 1 aromatic carbocycles. The highest BCUT2D eigenvalue weighted by Gasteiger charge is 2.13. The van der Waals surface area contributed by atoms with Gasteiger partial charge < -0.3 is 10.1 Å². The number of nitrogens with zero attached hydrogens (tertiary/aromatic N) is 1. The van der Waals surface area contributed by atoms with Gasteiger partial charge in [0.05, 0.1) is 21.2 Å². The lowest BCUT2D eigenvalue weighted by molar-refractivity contribution is -0.385. The summed E-state index contributed by atoms with van der Waals surface area (Å²) in [5, 5.41) is 14.0. The molecule has 0 bridgehead atoms. The normalized spacial score (nSPS) is 16.1. The highest BCUT2D eigenvalue weighted by atomic mass is 127. The van der Waals surface area contributed by atoms with Crippen LogP contribution in [0.25, 0.3) is 0 Å². The number of rotatable bonds is 6. The van der Waals surface area contributed by atoms with Crippen molar-refractivity contribution in [1.29, 1.82) is 0 Å². The summed E-state index contributed by atoms with van der Waals surface area (Å²) >= 11 is 1.98. The Kier molecular flexibility index (Phi) is 6.03. The van der Waals surface area contributed by atoms with E-state index in [9.17, 15) is 10.1 Å². The van der Waals surface area contributed by atoms with Crippen molar-refractivity contribution in [2.45, 2.75) is 38.2 Å². The molecule has 5 nitrogen and oxygen atoms in total. The molecule has 0 atom stereocenters. The van der Waals surface area contributed by atoms with E-state index in [2.05, 4.69) is 5.32 Å². The molecular formula is C14H19IN2O3. The monoisotopic (exact) mass is 390 g/mol. The molecule has 0 aliphatic heterocycles. The Balaban J connectivity index is 1.73. The van der Waals surface area contributed by atoms with Crippen molar-refractivity contribution in [1.82, 2.24) is 0 Å². The fourth-order valence-corrected chi connectivity index (χ4v) is 3.13. The van der Waals surface area contributed by atoms with Gasteiger partial charge in [0, 0.05) is 18.3 Å². The van der Waals surface area contributed by atoms with Crippen LogP contribution in [0, 0.1) is 13.7 Å². The first kappa shape index (κ1) is 15.5. The lowest BCUT2D eigenvalue weighted by Gasteiger charge is -2.22. The Morgan fingerprint density at radius 2 is 2.10 bits per heavy atom. The van der Waals surface area contributed by atoms with Crippen molar-refractivity contribution < 1.29 is 9.66 Å². The molecule has 0 spiro atoms. The van der Waals surface area contributed by atoms with Gasteiger partial charge in [0.25, 0.3) is 5.69 Å². The summed E-state index contributed by atoms with van der Waals surface area (Å²) in [4.78, 5) is 10.4. The molecule has 1 saturated carbocycles. The molecule has 1 aliphatic carbocycles. The first-order valence-electron chi connectivity index (χ1n) is 6.96. The Labute approximate surface area is 132 Å². The number of ether oxygens (including phenoxy) is 1. The van der Waals surface area contributed by atoms with Gasteiger partial charge in [-0.25, -0.2) is 0 Å². The third-order valence-corrected chi connectivity index (χ3v) is 4.35. The van der Waals surface area contributed by atoms with Crippen LogP contribution in [0.4, 0.5) is 11.4 Å². The van der Waals surface area contributed by atoms with Crippen LogP contribution in [0.2, 0.25) is 0 Å². The molecule has 110 valence electrons. The minimum Gasteiger partial charge on any atom is -0.383 e. The average molecular weight is 390 g/mol. The lowest BCUT2D eigenvalue weighted by Crippen LogP contribution is -2.20. The first-order valence-corrected chi connectivity index (χ1v) is 8.04. The molecule has 0 saturated heterocycles. The molecule has 20 heavy (non-hydrogen) atoms. The van der Waals surface area contributed by atoms with E-state index in [1.807, 2.05) is 22.6 Å². The zero-order valence-corrected chi connectivity index (χ0v) is 13.5. The summed E-state index contributed by atoms with van der Waals surface area (Å²) in [5.41, 5.74) is 1.04. The van der Waals surface area contributed by atoms with E-state index in [0.717, 1.165) is 12.2 Å². The number of nitro groups is 1.